The molecule has 3 heteroatoms. The van der Waals surface area contributed by atoms with Crippen molar-refractivity contribution in [2.75, 3.05) is 13.2 Å². The lowest BCUT2D eigenvalue weighted by molar-refractivity contribution is 0.0138. The van der Waals surface area contributed by atoms with E-state index in [2.05, 4.69) is 5.32 Å². The molecular weight excluding hydrogens is 202 g/mol. The van der Waals surface area contributed by atoms with E-state index in [1.807, 2.05) is 0 Å². The predicted molar refractivity (Wildman–Crippen MR) is 62.2 cm³/mol. The summed E-state index contributed by atoms with van der Waals surface area (Å²) in [6.07, 6.45) is 7.06. The van der Waals surface area contributed by atoms with Gasteiger partial charge in [-0.25, -0.2) is 0 Å². The summed E-state index contributed by atoms with van der Waals surface area (Å²) >= 11 is 0. The lowest BCUT2D eigenvalue weighted by atomic mass is 9.80. The number of hydrogen-bond acceptors (Lipinski definition) is 3. The van der Waals surface area contributed by atoms with E-state index in [0.717, 1.165) is 25.6 Å². The molecule has 0 spiro atoms. The number of rotatable bonds is 2. The van der Waals surface area contributed by atoms with Crippen molar-refractivity contribution in [1.82, 2.24) is 5.32 Å². The lowest BCUT2D eigenvalue weighted by Crippen LogP contribution is -2.48. The van der Waals surface area contributed by atoms with E-state index in [9.17, 15) is 5.11 Å². The standard InChI is InChI=1S/C13H23NO2/c15-13-8-10-1-2-12(14-10)11(13)7-9-3-5-16-6-4-9/h9-15H,1-8H2. The summed E-state index contributed by atoms with van der Waals surface area (Å²) < 4.78 is 5.40. The van der Waals surface area contributed by atoms with Crippen molar-refractivity contribution in [3.05, 3.63) is 0 Å². The van der Waals surface area contributed by atoms with Crippen LogP contribution in [0, 0.1) is 11.8 Å². The minimum absolute atomic E-state index is 0.0541. The number of aliphatic hydroxyl groups excluding tert-OH is 1. The normalized spacial score (nSPS) is 44.8. The Morgan fingerprint density at radius 2 is 1.94 bits per heavy atom. The molecule has 2 N–H and O–H groups in total. The van der Waals surface area contributed by atoms with Crippen molar-refractivity contribution in [2.24, 2.45) is 11.8 Å². The summed E-state index contributed by atoms with van der Waals surface area (Å²) in [6, 6.07) is 1.20. The fraction of sp³-hybridized carbons (Fsp3) is 1.00. The smallest absolute Gasteiger partial charge is 0.0598 e. The molecule has 3 saturated heterocycles. The Labute approximate surface area is 97.6 Å². The summed E-state index contributed by atoms with van der Waals surface area (Å²) in [4.78, 5) is 0. The van der Waals surface area contributed by atoms with Crippen LogP contribution in [0.25, 0.3) is 0 Å². The molecule has 0 aliphatic carbocycles. The molecule has 3 aliphatic heterocycles. The van der Waals surface area contributed by atoms with Gasteiger partial charge in [0.1, 0.15) is 0 Å². The molecule has 0 amide bonds. The van der Waals surface area contributed by atoms with Gasteiger partial charge in [-0.3, -0.25) is 0 Å². The molecule has 0 radical (unpaired) electrons. The van der Waals surface area contributed by atoms with Crippen LogP contribution in [-0.2, 0) is 4.74 Å². The van der Waals surface area contributed by atoms with Crippen LogP contribution in [0.1, 0.15) is 38.5 Å². The highest BCUT2D eigenvalue weighted by molar-refractivity contribution is 4.98. The summed E-state index contributed by atoms with van der Waals surface area (Å²) in [5.74, 6) is 1.29. The van der Waals surface area contributed by atoms with Gasteiger partial charge in [-0.2, -0.15) is 0 Å². The van der Waals surface area contributed by atoms with Crippen LogP contribution >= 0.6 is 0 Å². The number of ether oxygens (including phenoxy) is 1. The fourth-order valence-corrected chi connectivity index (χ4v) is 3.80. The second kappa shape index (κ2) is 4.63. The van der Waals surface area contributed by atoms with Crippen molar-refractivity contribution < 1.29 is 9.84 Å². The third-order valence-electron chi connectivity index (χ3n) is 4.76. The SMILES string of the molecule is OC1CC2CCC(N2)C1CC1CCOCC1. The van der Waals surface area contributed by atoms with Gasteiger partial charge in [0.05, 0.1) is 6.10 Å². The Hall–Kier alpha value is -0.120. The third-order valence-corrected chi connectivity index (χ3v) is 4.76. The first-order valence-corrected chi connectivity index (χ1v) is 6.85. The van der Waals surface area contributed by atoms with Crippen LogP contribution in [0.3, 0.4) is 0 Å². The van der Waals surface area contributed by atoms with Crippen molar-refractivity contribution >= 4 is 0 Å². The van der Waals surface area contributed by atoms with Gasteiger partial charge in [-0.15, -0.1) is 0 Å². The lowest BCUT2D eigenvalue weighted by Gasteiger charge is -2.37. The van der Waals surface area contributed by atoms with E-state index in [4.69, 9.17) is 4.74 Å². The average Bonchev–Trinajstić information content (AvgIpc) is 2.70. The quantitative estimate of drug-likeness (QED) is 0.744. The zero-order valence-corrected chi connectivity index (χ0v) is 9.90. The topological polar surface area (TPSA) is 41.5 Å². The fourth-order valence-electron chi connectivity index (χ4n) is 3.80. The van der Waals surface area contributed by atoms with Gasteiger partial charge in [0.15, 0.2) is 0 Å². The Morgan fingerprint density at radius 1 is 1.12 bits per heavy atom. The molecular formula is C13H23NO2. The molecule has 3 rings (SSSR count). The second-order valence-electron chi connectivity index (χ2n) is 5.81. The molecule has 3 nitrogen and oxygen atoms in total. The van der Waals surface area contributed by atoms with Gasteiger partial charge in [0, 0.05) is 31.2 Å². The number of piperidine rings is 1. The van der Waals surface area contributed by atoms with Crippen molar-refractivity contribution in [3.8, 4) is 0 Å². The molecule has 0 aromatic heterocycles. The van der Waals surface area contributed by atoms with Crippen LogP contribution in [0.5, 0.6) is 0 Å². The van der Waals surface area contributed by atoms with Crippen LogP contribution in [-0.4, -0.2) is 36.5 Å². The molecule has 3 fully saturated rings. The van der Waals surface area contributed by atoms with Crippen LogP contribution < -0.4 is 5.32 Å². The summed E-state index contributed by atoms with van der Waals surface area (Å²) in [7, 11) is 0. The molecule has 4 atom stereocenters. The van der Waals surface area contributed by atoms with Gasteiger partial charge in [0.25, 0.3) is 0 Å². The monoisotopic (exact) mass is 225 g/mol. The number of hydrogen-bond donors (Lipinski definition) is 2. The number of nitrogens with one attached hydrogen (secondary N) is 1. The first kappa shape index (κ1) is 11.0. The van der Waals surface area contributed by atoms with Crippen LogP contribution in [0.15, 0.2) is 0 Å². The molecule has 3 heterocycles. The summed E-state index contributed by atoms with van der Waals surface area (Å²) in [5.41, 5.74) is 0. The van der Waals surface area contributed by atoms with E-state index in [-0.39, 0.29) is 6.10 Å². The maximum Gasteiger partial charge on any atom is 0.0598 e. The highest BCUT2D eigenvalue weighted by Crippen LogP contribution is 2.36. The molecule has 2 bridgehead atoms. The second-order valence-corrected chi connectivity index (χ2v) is 5.81. The summed E-state index contributed by atoms with van der Waals surface area (Å²) in [6.45, 7) is 1.85. The van der Waals surface area contributed by atoms with Crippen molar-refractivity contribution in [2.45, 2.75) is 56.7 Å². The predicted octanol–water partition coefficient (Wildman–Crippen LogP) is 1.30. The summed E-state index contributed by atoms with van der Waals surface area (Å²) in [5, 5.41) is 13.9. The maximum absolute atomic E-state index is 10.2. The molecule has 0 aromatic carbocycles. The van der Waals surface area contributed by atoms with E-state index in [1.54, 1.807) is 0 Å². The van der Waals surface area contributed by atoms with Crippen molar-refractivity contribution in [1.29, 1.82) is 0 Å². The zero-order valence-electron chi connectivity index (χ0n) is 9.90. The Kier molecular flexibility index (Phi) is 3.18. The molecule has 92 valence electrons. The van der Waals surface area contributed by atoms with Crippen LogP contribution in [0.4, 0.5) is 0 Å². The van der Waals surface area contributed by atoms with Gasteiger partial charge in [-0.05, 0) is 44.4 Å². The van der Waals surface area contributed by atoms with Gasteiger partial charge < -0.3 is 15.2 Å². The Bertz CT molecular complexity index is 240. The number of fused-ring (bicyclic) bond motifs is 2. The molecule has 0 aromatic rings. The minimum atomic E-state index is -0.0541. The maximum atomic E-state index is 10.2. The number of aliphatic hydroxyl groups is 1. The molecule has 4 unspecified atom stereocenters. The zero-order chi connectivity index (χ0) is 11.0. The highest BCUT2D eigenvalue weighted by atomic mass is 16.5. The van der Waals surface area contributed by atoms with E-state index in [0.29, 0.717) is 18.0 Å². The molecule has 0 saturated carbocycles. The first-order chi connectivity index (χ1) is 7.83. The first-order valence-electron chi connectivity index (χ1n) is 6.85. The third kappa shape index (κ3) is 2.13. The average molecular weight is 225 g/mol. The molecule has 16 heavy (non-hydrogen) atoms. The van der Waals surface area contributed by atoms with E-state index < -0.39 is 0 Å². The van der Waals surface area contributed by atoms with E-state index in [1.165, 1.54) is 32.1 Å². The minimum Gasteiger partial charge on any atom is -0.393 e. The van der Waals surface area contributed by atoms with Crippen LogP contribution in [0.2, 0.25) is 0 Å². The van der Waals surface area contributed by atoms with E-state index >= 15 is 0 Å². The highest BCUT2D eigenvalue weighted by Gasteiger charge is 2.41. The van der Waals surface area contributed by atoms with Crippen molar-refractivity contribution in [3.63, 3.8) is 0 Å². The van der Waals surface area contributed by atoms with Gasteiger partial charge in [-0.1, -0.05) is 0 Å². The molecule has 3 aliphatic rings. The van der Waals surface area contributed by atoms with Gasteiger partial charge in [0.2, 0.25) is 0 Å². The Morgan fingerprint density at radius 3 is 2.75 bits per heavy atom. The Balaban J connectivity index is 1.59. The largest absolute Gasteiger partial charge is 0.393 e. The van der Waals surface area contributed by atoms with Gasteiger partial charge >= 0.3 is 0 Å².